The van der Waals surface area contributed by atoms with E-state index in [2.05, 4.69) is 0 Å². The molecule has 4 aliphatic carbocycles. The lowest BCUT2D eigenvalue weighted by Crippen LogP contribution is -2.97. The molecule has 0 radical (unpaired) electrons. The maximum atomic E-state index is 14.7. The van der Waals surface area contributed by atoms with Gasteiger partial charge in [-0.25, -0.2) is 0 Å². The second-order valence-electron chi connectivity index (χ2n) is 17.5. The van der Waals surface area contributed by atoms with Crippen molar-refractivity contribution < 1.29 is 90.8 Å². The van der Waals surface area contributed by atoms with Gasteiger partial charge in [-0.15, -0.1) is 0 Å². The minimum absolute atomic E-state index is 0.197. The lowest BCUT2D eigenvalue weighted by Gasteiger charge is -2.77. The van der Waals surface area contributed by atoms with E-state index in [1.54, 1.807) is 13.8 Å². The van der Waals surface area contributed by atoms with E-state index in [1.807, 2.05) is 0 Å². The Bertz CT molecular complexity index is 2000. The first-order chi connectivity index (χ1) is 27.3. The number of methoxy groups -OCH3 is 1. The lowest BCUT2D eigenvalue weighted by molar-refractivity contribution is -0.447. The third-order valence-electron chi connectivity index (χ3n) is 14.3. The molecule has 59 heavy (non-hydrogen) atoms. The van der Waals surface area contributed by atoms with Gasteiger partial charge >= 0.3 is 41.8 Å². The second-order valence-corrected chi connectivity index (χ2v) is 17.5. The molecule has 1 spiro atoms. The van der Waals surface area contributed by atoms with Crippen LogP contribution in [0.15, 0.2) is 23.0 Å². The highest BCUT2D eigenvalue weighted by atomic mass is 16.8. The van der Waals surface area contributed by atoms with Crippen LogP contribution in [-0.4, -0.2) is 118 Å². The second kappa shape index (κ2) is 13.2. The third kappa shape index (κ3) is 5.04. The topological polar surface area (TPSA) is 256 Å². The largest absolute Gasteiger partial charge is 0.472 e. The van der Waals surface area contributed by atoms with Crippen LogP contribution in [0.5, 0.6) is 0 Å². The Morgan fingerprint density at radius 2 is 1.47 bits per heavy atom. The van der Waals surface area contributed by atoms with Gasteiger partial charge in [0.2, 0.25) is 5.60 Å². The molecular weight excluding hydrogens is 784 g/mol. The van der Waals surface area contributed by atoms with E-state index >= 15 is 0 Å². The Morgan fingerprint density at radius 1 is 0.847 bits per heavy atom. The Balaban J connectivity index is 1.71. The van der Waals surface area contributed by atoms with Crippen molar-refractivity contribution in [2.24, 2.45) is 28.1 Å². The summed E-state index contributed by atoms with van der Waals surface area (Å²) in [5, 5.41) is 28.7. The summed E-state index contributed by atoms with van der Waals surface area (Å²) < 4.78 is 61.1. The Kier molecular flexibility index (Phi) is 9.52. The van der Waals surface area contributed by atoms with Crippen molar-refractivity contribution in [3.63, 3.8) is 0 Å². The number of esters is 7. The number of furan rings is 1. The summed E-state index contributed by atoms with van der Waals surface area (Å²) in [5.41, 5.74) is -16.6. The summed E-state index contributed by atoms with van der Waals surface area (Å²) in [4.78, 5) is 93.6. The monoisotopic (exact) mass is 834 g/mol. The summed E-state index contributed by atoms with van der Waals surface area (Å²) in [6, 6.07) is 1.49. The third-order valence-corrected chi connectivity index (χ3v) is 14.3. The van der Waals surface area contributed by atoms with Crippen LogP contribution in [0, 0.1) is 28.1 Å². The molecule has 2 N–H and O–H groups in total. The molecule has 7 rings (SSSR count). The van der Waals surface area contributed by atoms with Gasteiger partial charge in [0.05, 0.1) is 30.5 Å². The van der Waals surface area contributed by atoms with E-state index in [0.717, 1.165) is 48.7 Å². The van der Waals surface area contributed by atoms with E-state index in [1.165, 1.54) is 25.5 Å². The predicted molar refractivity (Wildman–Crippen MR) is 189 cm³/mol. The minimum Gasteiger partial charge on any atom is -0.472 e. The van der Waals surface area contributed by atoms with Crippen molar-refractivity contribution in [1.29, 1.82) is 0 Å². The van der Waals surface area contributed by atoms with Crippen LogP contribution in [0.4, 0.5) is 0 Å². The summed E-state index contributed by atoms with van der Waals surface area (Å²) >= 11 is 0. The Morgan fingerprint density at radius 3 is 2.00 bits per heavy atom. The van der Waals surface area contributed by atoms with Crippen molar-refractivity contribution in [1.82, 2.24) is 0 Å². The number of hydrogen-bond acceptors (Lipinski definition) is 19. The number of carbonyl (C=O) groups is 7. The SMILES string of the molecule is COC(=O)C[C@H]1[C@]2(C)C[C@]3(O)[C@@](OC(C)=O)([C@H]4O[C@]5(C)C[C@@H]6[C@](C)([C@@H](OC(C)=O)c7ccoc7)[C@@H](OC(C)=O)[C@@H](OC(C)=O)[C@@](O)([C@@]64O5)[C@]13COC(C)=O)[C@H]2OC(C)=O. The van der Waals surface area contributed by atoms with Crippen molar-refractivity contribution in [2.75, 3.05) is 13.7 Å². The van der Waals surface area contributed by atoms with Crippen LogP contribution >= 0.6 is 0 Å². The lowest BCUT2D eigenvalue weighted by atomic mass is 9.32. The average molecular weight is 835 g/mol. The van der Waals surface area contributed by atoms with Gasteiger partial charge in [0.15, 0.2) is 24.1 Å². The van der Waals surface area contributed by atoms with Crippen LogP contribution in [0.3, 0.4) is 0 Å². The van der Waals surface area contributed by atoms with Crippen LogP contribution in [0.1, 0.15) is 93.2 Å². The van der Waals surface area contributed by atoms with Crippen molar-refractivity contribution in [3.8, 4) is 0 Å². The van der Waals surface area contributed by atoms with Crippen molar-refractivity contribution in [3.05, 3.63) is 24.2 Å². The molecule has 0 aromatic carbocycles. The smallest absolute Gasteiger partial charge is 0.305 e. The molecule has 1 aromatic rings. The summed E-state index contributed by atoms with van der Waals surface area (Å²) in [6.07, 6.45) is -7.73. The normalized spacial score (nSPS) is 44.7. The molecule has 324 valence electrons. The van der Waals surface area contributed by atoms with Gasteiger partial charge in [0.1, 0.15) is 35.6 Å². The van der Waals surface area contributed by atoms with E-state index in [9.17, 15) is 43.8 Å². The zero-order valence-electron chi connectivity index (χ0n) is 34.4. The molecule has 4 bridgehead atoms. The number of aliphatic hydroxyl groups is 2. The van der Waals surface area contributed by atoms with Crippen LogP contribution in [0.2, 0.25) is 0 Å². The van der Waals surface area contributed by atoms with E-state index in [4.69, 9.17) is 47.0 Å². The fourth-order valence-corrected chi connectivity index (χ4v) is 13.1. The molecule has 1 aromatic heterocycles. The van der Waals surface area contributed by atoms with E-state index in [0.29, 0.717) is 0 Å². The van der Waals surface area contributed by atoms with Gasteiger partial charge in [-0.05, 0) is 25.3 Å². The van der Waals surface area contributed by atoms with Crippen molar-refractivity contribution >= 4 is 41.8 Å². The summed E-state index contributed by atoms with van der Waals surface area (Å²) in [7, 11) is 1.10. The van der Waals surface area contributed by atoms with Gasteiger partial charge in [0.25, 0.3) is 0 Å². The van der Waals surface area contributed by atoms with Gasteiger partial charge in [-0.3, -0.25) is 33.6 Å². The first-order valence-electron chi connectivity index (χ1n) is 19.3. The van der Waals surface area contributed by atoms with Crippen LogP contribution in [-0.2, 0) is 76.2 Å². The zero-order valence-corrected chi connectivity index (χ0v) is 34.4. The van der Waals surface area contributed by atoms with Gasteiger partial charge < -0.3 is 57.3 Å². The average Bonchev–Trinajstić information content (AvgIpc) is 3.90. The predicted octanol–water partition coefficient (Wildman–Crippen LogP) is 1.52. The molecule has 2 saturated heterocycles. The zero-order chi connectivity index (χ0) is 43.7. The number of fused-ring (bicyclic) bond motifs is 4. The molecule has 6 aliphatic rings. The van der Waals surface area contributed by atoms with E-state index in [-0.39, 0.29) is 12.0 Å². The molecule has 15 atom stereocenters. The van der Waals surface area contributed by atoms with Crippen LogP contribution in [0.25, 0.3) is 0 Å². The highest BCUT2D eigenvalue weighted by Crippen LogP contribution is 2.87. The molecule has 6 fully saturated rings. The Labute approximate surface area is 338 Å². The number of rotatable bonds is 11. The van der Waals surface area contributed by atoms with Gasteiger partial charge in [-0.2, -0.15) is 0 Å². The highest BCUT2D eigenvalue weighted by Gasteiger charge is 3.05. The van der Waals surface area contributed by atoms with Crippen molar-refractivity contribution in [2.45, 2.75) is 140 Å². The molecule has 2 aliphatic heterocycles. The number of ether oxygens (including phenoxy) is 9. The molecule has 19 nitrogen and oxygen atoms in total. The molecule has 0 unspecified atom stereocenters. The first-order valence-corrected chi connectivity index (χ1v) is 19.3. The minimum atomic E-state index is -2.99. The quantitative estimate of drug-likeness (QED) is 0.237. The molecule has 0 amide bonds. The fourth-order valence-electron chi connectivity index (χ4n) is 13.1. The molecule has 3 heterocycles. The molecule has 4 saturated carbocycles. The maximum absolute atomic E-state index is 14.7. The Hall–Kier alpha value is -4.59. The summed E-state index contributed by atoms with van der Waals surface area (Å²) in [5.74, 6) is -11.0. The van der Waals surface area contributed by atoms with Gasteiger partial charge in [-0.1, -0.05) is 13.8 Å². The standard InChI is InChI=1S/C40H50O19/c1-18(41)52-17-36-25(13-27(47)50-10)33(7)16-37(36,48)39(57-23(6)46,31(33)56-22(5)45)32-38-26(14-34(8,58-32)59-38)35(9,28(53-19(2)42)24-11-12-51-15-24)29(54-20(3)43)30(40(36,38)49)55-21(4)44/h11-12,15,25-26,28-32,48-49H,13-14,16-17H2,1-10H3/t25-,26+,28-,29-,30+,31-,32-,33-,34-,35+,36+,37+,38+,39-,40-/m0/s1. The number of hydrogen-bond donors (Lipinski definition) is 2. The van der Waals surface area contributed by atoms with Crippen LogP contribution < -0.4 is 0 Å². The fraction of sp³-hybridized carbons (Fsp3) is 0.725. The maximum Gasteiger partial charge on any atom is 0.305 e. The molecule has 19 heteroatoms. The number of carbonyl (C=O) groups excluding carboxylic acids is 7. The van der Waals surface area contributed by atoms with Gasteiger partial charge in [0, 0.05) is 71.3 Å². The first kappa shape index (κ1) is 42.5. The van der Waals surface area contributed by atoms with E-state index < -0.39 is 148 Å². The molecular formula is C40H50O19. The summed E-state index contributed by atoms with van der Waals surface area (Å²) in [6.45, 7) is 10.1. The highest BCUT2D eigenvalue weighted by molar-refractivity contribution is 5.74.